The van der Waals surface area contributed by atoms with Crippen molar-refractivity contribution >= 4 is 5.82 Å². The first-order chi connectivity index (χ1) is 9.17. The van der Waals surface area contributed by atoms with Crippen LogP contribution in [0.2, 0.25) is 0 Å². The second kappa shape index (κ2) is 6.32. The van der Waals surface area contributed by atoms with Gasteiger partial charge in [0.05, 0.1) is 0 Å². The standard InChI is InChI=1S/C16H21N3/c1-4-8-17-15-10-13(3)18-16(19-15)11-14-7-5-6-12(2)9-14/h5-7,9-10H,4,8,11H2,1-3H3,(H,17,18,19). The molecule has 0 amide bonds. The van der Waals surface area contributed by atoms with Gasteiger partial charge in [-0.1, -0.05) is 36.8 Å². The Morgan fingerprint density at radius 2 is 1.95 bits per heavy atom. The van der Waals surface area contributed by atoms with Gasteiger partial charge in [-0.3, -0.25) is 0 Å². The first kappa shape index (κ1) is 13.5. The molecule has 1 heterocycles. The second-order valence-corrected chi connectivity index (χ2v) is 4.90. The fourth-order valence-corrected chi connectivity index (χ4v) is 2.06. The number of hydrogen-bond donors (Lipinski definition) is 1. The van der Waals surface area contributed by atoms with Crippen molar-refractivity contribution in [3.05, 3.63) is 53.0 Å². The average Bonchev–Trinajstić information content (AvgIpc) is 2.35. The SMILES string of the molecule is CCCNc1cc(C)nc(Cc2cccc(C)c2)n1. The number of benzene rings is 1. The Balaban J connectivity index is 2.17. The molecular weight excluding hydrogens is 234 g/mol. The molecule has 0 saturated carbocycles. The lowest BCUT2D eigenvalue weighted by Crippen LogP contribution is -2.06. The van der Waals surface area contributed by atoms with Crippen molar-refractivity contribution in [1.82, 2.24) is 9.97 Å². The second-order valence-electron chi connectivity index (χ2n) is 4.90. The van der Waals surface area contributed by atoms with Gasteiger partial charge in [0.1, 0.15) is 11.6 Å². The molecule has 1 N–H and O–H groups in total. The minimum atomic E-state index is 0.782. The van der Waals surface area contributed by atoms with Crippen LogP contribution >= 0.6 is 0 Å². The highest BCUT2D eigenvalue weighted by molar-refractivity contribution is 5.36. The van der Waals surface area contributed by atoms with Crippen molar-refractivity contribution in [3.63, 3.8) is 0 Å². The summed E-state index contributed by atoms with van der Waals surface area (Å²) in [7, 11) is 0. The molecule has 0 aliphatic heterocycles. The number of nitrogens with zero attached hydrogens (tertiary/aromatic N) is 2. The molecule has 0 fully saturated rings. The fraction of sp³-hybridized carbons (Fsp3) is 0.375. The minimum absolute atomic E-state index is 0.782. The van der Waals surface area contributed by atoms with Crippen molar-refractivity contribution in [2.45, 2.75) is 33.6 Å². The number of aryl methyl sites for hydroxylation is 2. The summed E-state index contributed by atoms with van der Waals surface area (Å²) in [5.41, 5.74) is 3.54. The van der Waals surface area contributed by atoms with Crippen LogP contribution in [-0.2, 0) is 6.42 Å². The highest BCUT2D eigenvalue weighted by Gasteiger charge is 2.03. The molecule has 100 valence electrons. The molecule has 0 saturated heterocycles. The van der Waals surface area contributed by atoms with Gasteiger partial charge in [-0.2, -0.15) is 0 Å². The van der Waals surface area contributed by atoms with E-state index in [-0.39, 0.29) is 0 Å². The van der Waals surface area contributed by atoms with E-state index in [1.54, 1.807) is 0 Å². The lowest BCUT2D eigenvalue weighted by Gasteiger charge is -2.08. The summed E-state index contributed by atoms with van der Waals surface area (Å²) in [6.07, 6.45) is 1.88. The summed E-state index contributed by atoms with van der Waals surface area (Å²) in [6, 6.07) is 10.5. The van der Waals surface area contributed by atoms with Crippen LogP contribution in [0.3, 0.4) is 0 Å². The van der Waals surface area contributed by atoms with Gasteiger partial charge in [-0.25, -0.2) is 9.97 Å². The fourth-order valence-electron chi connectivity index (χ4n) is 2.06. The van der Waals surface area contributed by atoms with Gasteiger partial charge in [0.2, 0.25) is 0 Å². The molecule has 0 bridgehead atoms. The maximum absolute atomic E-state index is 4.57. The molecule has 1 aromatic carbocycles. The molecule has 0 spiro atoms. The Bertz CT molecular complexity index is 549. The van der Waals surface area contributed by atoms with Crippen LogP contribution < -0.4 is 5.32 Å². The molecule has 2 rings (SSSR count). The van der Waals surface area contributed by atoms with E-state index in [1.807, 2.05) is 13.0 Å². The summed E-state index contributed by atoms with van der Waals surface area (Å²) >= 11 is 0. The van der Waals surface area contributed by atoms with Crippen molar-refractivity contribution < 1.29 is 0 Å². The van der Waals surface area contributed by atoms with Crippen molar-refractivity contribution in [2.75, 3.05) is 11.9 Å². The maximum atomic E-state index is 4.57. The summed E-state index contributed by atoms with van der Waals surface area (Å²) in [4.78, 5) is 9.09. The number of hydrogen-bond acceptors (Lipinski definition) is 3. The molecule has 3 nitrogen and oxygen atoms in total. The van der Waals surface area contributed by atoms with Crippen LogP contribution in [0.25, 0.3) is 0 Å². The average molecular weight is 255 g/mol. The number of anilines is 1. The third-order valence-electron chi connectivity index (χ3n) is 2.90. The summed E-state index contributed by atoms with van der Waals surface area (Å²) in [5.74, 6) is 1.81. The Labute approximate surface area is 115 Å². The number of nitrogens with one attached hydrogen (secondary N) is 1. The first-order valence-electron chi connectivity index (χ1n) is 6.81. The zero-order valence-electron chi connectivity index (χ0n) is 11.9. The monoisotopic (exact) mass is 255 g/mol. The van der Waals surface area contributed by atoms with E-state index >= 15 is 0 Å². The highest BCUT2D eigenvalue weighted by atomic mass is 15.0. The molecule has 0 aliphatic carbocycles. The van der Waals surface area contributed by atoms with E-state index in [0.717, 1.165) is 36.7 Å². The molecular formula is C16H21N3. The topological polar surface area (TPSA) is 37.8 Å². The van der Waals surface area contributed by atoms with Crippen molar-refractivity contribution in [2.24, 2.45) is 0 Å². The smallest absolute Gasteiger partial charge is 0.135 e. The van der Waals surface area contributed by atoms with Gasteiger partial charge in [-0.15, -0.1) is 0 Å². The lowest BCUT2D eigenvalue weighted by atomic mass is 10.1. The van der Waals surface area contributed by atoms with E-state index in [4.69, 9.17) is 0 Å². The Morgan fingerprint density at radius 3 is 2.68 bits per heavy atom. The molecule has 0 radical (unpaired) electrons. The molecule has 0 aliphatic rings. The maximum Gasteiger partial charge on any atom is 0.135 e. The van der Waals surface area contributed by atoms with Crippen LogP contribution in [0.4, 0.5) is 5.82 Å². The molecule has 1 aromatic heterocycles. The molecule has 0 unspecified atom stereocenters. The summed E-state index contributed by atoms with van der Waals surface area (Å²) in [6.45, 7) is 7.21. The largest absolute Gasteiger partial charge is 0.370 e. The summed E-state index contributed by atoms with van der Waals surface area (Å²) in [5, 5.41) is 3.32. The van der Waals surface area contributed by atoms with E-state index in [9.17, 15) is 0 Å². The third kappa shape index (κ3) is 4.05. The number of rotatable bonds is 5. The molecule has 0 atom stereocenters. The highest BCUT2D eigenvalue weighted by Crippen LogP contribution is 2.12. The van der Waals surface area contributed by atoms with Crippen LogP contribution in [-0.4, -0.2) is 16.5 Å². The lowest BCUT2D eigenvalue weighted by molar-refractivity contribution is 0.916. The van der Waals surface area contributed by atoms with Gasteiger partial charge in [0.25, 0.3) is 0 Å². The Morgan fingerprint density at radius 1 is 1.11 bits per heavy atom. The van der Waals surface area contributed by atoms with Gasteiger partial charge in [0, 0.05) is 24.7 Å². The van der Waals surface area contributed by atoms with Crippen LogP contribution in [0.15, 0.2) is 30.3 Å². The third-order valence-corrected chi connectivity index (χ3v) is 2.90. The van der Waals surface area contributed by atoms with Crippen LogP contribution in [0.5, 0.6) is 0 Å². The van der Waals surface area contributed by atoms with E-state index in [2.05, 4.69) is 53.4 Å². The van der Waals surface area contributed by atoms with E-state index in [0.29, 0.717) is 0 Å². The molecule has 3 heteroatoms. The quantitative estimate of drug-likeness (QED) is 0.888. The molecule has 2 aromatic rings. The predicted molar refractivity (Wildman–Crippen MR) is 79.5 cm³/mol. The van der Waals surface area contributed by atoms with E-state index < -0.39 is 0 Å². The Kier molecular flexibility index (Phi) is 4.50. The van der Waals surface area contributed by atoms with Crippen molar-refractivity contribution in [1.29, 1.82) is 0 Å². The van der Waals surface area contributed by atoms with Crippen LogP contribution in [0, 0.1) is 13.8 Å². The van der Waals surface area contributed by atoms with Gasteiger partial charge in [-0.05, 0) is 25.8 Å². The normalized spacial score (nSPS) is 10.5. The van der Waals surface area contributed by atoms with Crippen LogP contribution in [0.1, 0.15) is 36.0 Å². The van der Waals surface area contributed by atoms with Gasteiger partial charge >= 0.3 is 0 Å². The predicted octanol–water partition coefficient (Wildman–Crippen LogP) is 3.51. The van der Waals surface area contributed by atoms with E-state index in [1.165, 1.54) is 11.1 Å². The number of aromatic nitrogens is 2. The summed E-state index contributed by atoms with van der Waals surface area (Å²) < 4.78 is 0. The molecule has 19 heavy (non-hydrogen) atoms. The van der Waals surface area contributed by atoms with Gasteiger partial charge < -0.3 is 5.32 Å². The van der Waals surface area contributed by atoms with Crippen molar-refractivity contribution in [3.8, 4) is 0 Å². The zero-order chi connectivity index (χ0) is 13.7. The first-order valence-corrected chi connectivity index (χ1v) is 6.81. The Hall–Kier alpha value is -1.90. The zero-order valence-corrected chi connectivity index (χ0v) is 11.9. The van der Waals surface area contributed by atoms with Gasteiger partial charge in [0.15, 0.2) is 0 Å². The minimum Gasteiger partial charge on any atom is -0.370 e.